The molecule has 0 saturated carbocycles. The molecular weight excluding hydrogens is 661 g/mol. The van der Waals surface area contributed by atoms with Crippen LogP contribution in [0.15, 0.2) is 177 Å². The summed E-state index contributed by atoms with van der Waals surface area (Å²) in [5.41, 5.74) is 11.3. The second kappa shape index (κ2) is 13.4. The highest BCUT2D eigenvalue weighted by Crippen LogP contribution is 2.38. The van der Waals surface area contributed by atoms with Crippen LogP contribution in [0, 0.1) is 0 Å². The van der Waals surface area contributed by atoms with Crippen LogP contribution in [0.2, 0.25) is 0 Å². The van der Waals surface area contributed by atoms with E-state index in [1.54, 1.807) is 6.20 Å². The van der Waals surface area contributed by atoms with Gasteiger partial charge in [0, 0.05) is 53.7 Å². The van der Waals surface area contributed by atoms with E-state index in [1.165, 1.54) is 32.3 Å². The van der Waals surface area contributed by atoms with E-state index in [1.807, 2.05) is 49.1 Å². The predicted molar refractivity (Wildman–Crippen MR) is 221 cm³/mol. The van der Waals surface area contributed by atoms with Crippen molar-refractivity contribution in [3.05, 3.63) is 193 Å². The normalized spacial score (nSPS) is 15.1. The monoisotopic (exact) mass is 694 g/mol. The Bertz CT molecular complexity index is 2820. The van der Waals surface area contributed by atoms with E-state index in [0.717, 1.165) is 61.9 Å². The molecule has 0 saturated heterocycles. The molecule has 6 heterocycles. The van der Waals surface area contributed by atoms with Gasteiger partial charge in [0.1, 0.15) is 0 Å². The Labute approximate surface area is 313 Å². The van der Waals surface area contributed by atoms with Gasteiger partial charge in [-0.05, 0) is 122 Å². The Balaban J connectivity index is 0.978. The maximum absolute atomic E-state index is 4.92. The van der Waals surface area contributed by atoms with Crippen LogP contribution in [-0.4, -0.2) is 26.5 Å². The third-order valence-electron chi connectivity index (χ3n) is 10.4. The summed E-state index contributed by atoms with van der Waals surface area (Å²) in [5.74, 6) is 0. The van der Waals surface area contributed by atoms with Crippen molar-refractivity contribution in [3.8, 4) is 33.8 Å². The molecule has 54 heavy (non-hydrogen) atoms. The minimum atomic E-state index is 0.139. The number of hydrogen-bond donors (Lipinski definition) is 2. The van der Waals surface area contributed by atoms with E-state index >= 15 is 0 Å². The molecule has 0 radical (unpaired) electrons. The van der Waals surface area contributed by atoms with Crippen LogP contribution in [0.3, 0.4) is 0 Å². The van der Waals surface area contributed by atoms with E-state index in [9.17, 15) is 0 Å². The number of benzene rings is 4. The smallest absolute Gasteiger partial charge is 0.0717 e. The fraction of sp³-hybridized carbons (Fsp3) is 0.0417. The largest absolute Gasteiger partial charge is 0.381 e. The maximum Gasteiger partial charge on any atom is 0.0717 e. The molecule has 8 aromatic rings. The van der Waals surface area contributed by atoms with E-state index in [4.69, 9.17) is 15.0 Å². The van der Waals surface area contributed by atoms with Crippen molar-refractivity contribution in [2.75, 3.05) is 6.54 Å². The van der Waals surface area contributed by atoms with Gasteiger partial charge in [-0.2, -0.15) is 0 Å². The molecule has 4 aromatic heterocycles. The highest BCUT2D eigenvalue weighted by atomic mass is 14.9. The van der Waals surface area contributed by atoms with Crippen LogP contribution in [0.1, 0.15) is 22.9 Å². The average molecular weight is 695 g/mol. The topological polar surface area (TPSA) is 75.6 Å². The van der Waals surface area contributed by atoms with Crippen molar-refractivity contribution in [2.45, 2.75) is 6.04 Å². The van der Waals surface area contributed by atoms with E-state index < -0.39 is 0 Å². The maximum atomic E-state index is 4.92. The number of nitrogens with one attached hydrogen (secondary N) is 2. The highest BCUT2D eigenvalue weighted by molar-refractivity contribution is 6.26. The number of dihydropyridines is 2. The number of pyridine rings is 4. The van der Waals surface area contributed by atoms with Gasteiger partial charge >= 0.3 is 0 Å². The standard InChI is InChI=1S/C48H34N6/c1-2-8-38-37(7-1)39-17-11-31(45-19-13-35(29-51-45)47-21-15-33(27-53-47)43-9-3-5-23-49-43)25-41(39)42-26-32(12-18-40(38)42)46-20-14-36(30-52-46)48-22-16-34(28-54-48)44-10-4-6-24-50-44/h1-29,43,49,52H,30H2. The van der Waals surface area contributed by atoms with Gasteiger partial charge in [-0.1, -0.05) is 78.9 Å². The molecule has 6 heteroatoms. The Morgan fingerprint density at radius 2 is 1.11 bits per heavy atom. The second-order valence-electron chi connectivity index (χ2n) is 13.6. The Kier molecular flexibility index (Phi) is 7.84. The average Bonchev–Trinajstić information content (AvgIpc) is 3.27. The summed E-state index contributed by atoms with van der Waals surface area (Å²) in [5, 5.41) is 14.4. The number of fused-ring (bicyclic) bond motifs is 6. The van der Waals surface area contributed by atoms with Gasteiger partial charge in [-0.15, -0.1) is 0 Å². The molecule has 0 spiro atoms. The Morgan fingerprint density at radius 3 is 1.74 bits per heavy atom. The van der Waals surface area contributed by atoms with Gasteiger partial charge in [0.15, 0.2) is 0 Å². The van der Waals surface area contributed by atoms with E-state index in [0.29, 0.717) is 6.54 Å². The zero-order valence-electron chi connectivity index (χ0n) is 29.3. The third-order valence-corrected chi connectivity index (χ3v) is 10.4. The summed E-state index contributed by atoms with van der Waals surface area (Å²) < 4.78 is 0. The van der Waals surface area contributed by atoms with Gasteiger partial charge in [0.05, 0.1) is 28.8 Å². The van der Waals surface area contributed by atoms with E-state index in [-0.39, 0.29) is 6.04 Å². The van der Waals surface area contributed by atoms with Gasteiger partial charge in [0.2, 0.25) is 0 Å². The first kappa shape index (κ1) is 31.5. The fourth-order valence-electron chi connectivity index (χ4n) is 7.55. The SMILES string of the molecule is C1=CNC(c2ccc(-c3ccc(-c4ccc5c6ccccc6c6ccc(C7=CC=C(c8ccc(-c9ccccn9)cn8)CN7)cc6c5c4)nc3)nc2)C=C1. The first-order chi connectivity index (χ1) is 26.7. The van der Waals surface area contributed by atoms with Crippen LogP contribution >= 0.6 is 0 Å². The van der Waals surface area contributed by atoms with Gasteiger partial charge in [-0.25, -0.2) is 0 Å². The third kappa shape index (κ3) is 5.80. The summed E-state index contributed by atoms with van der Waals surface area (Å²) in [6.45, 7) is 0.691. The molecule has 2 aliphatic rings. The van der Waals surface area contributed by atoms with Crippen molar-refractivity contribution in [3.63, 3.8) is 0 Å². The van der Waals surface area contributed by atoms with Crippen LogP contribution < -0.4 is 10.6 Å². The van der Waals surface area contributed by atoms with Crippen molar-refractivity contribution in [2.24, 2.45) is 0 Å². The molecule has 6 nitrogen and oxygen atoms in total. The number of hydrogen-bond acceptors (Lipinski definition) is 6. The number of rotatable bonds is 6. The van der Waals surface area contributed by atoms with Crippen molar-refractivity contribution >= 4 is 43.6 Å². The van der Waals surface area contributed by atoms with Crippen molar-refractivity contribution in [1.29, 1.82) is 0 Å². The molecule has 256 valence electrons. The first-order valence-corrected chi connectivity index (χ1v) is 18.2. The minimum absolute atomic E-state index is 0.139. The molecule has 1 atom stereocenters. The summed E-state index contributed by atoms with van der Waals surface area (Å²) in [6, 6.07) is 40.9. The molecule has 0 amide bonds. The lowest BCUT2D eigenvalue weighted by atomic mass is 9.91. The summed E-state index contributed by atoms with van der Waals surface area (Å²) >= 11 is 0. The lowest BCUT2D eigenvalue weighted by molar-refractivity contribution is 0.743. The summed E-state index contributed by atoms with van der Waals surface area (Å²) in [4.78, 5) is 18.9. The van der Waals surface area contributed by atoms with Gasteiger partial charge < -0.3 is 10.6 Å². The molecule has 0 aliphatic carbocycles. The van der Waals surface area contributed by atoms with Crippen molar-refractivity contribution < 1.29 is 0 Å². The molecule has 4 aromatic carbocycles. The van der Waals surface area contributed by atoms with Gasteiger partial charge in [-0.3, -0.25) is 19.9 Å². The van der Waals surface area contributed by atoms with E-state index in [2.05, 4.69) is 137 Å². The zero-order valence-corrected chi connectivity index (χ0v) is 29.3. The van der Waals surface area contributed by atoms with Crippen molar-refractivity contribution in [1.82, 2.24) is 30.6 Å². The Morgan fingerprint density at radius 1 is 0.481 bits per heavy atom. The Hall–Kier alpha value is -7.18. The molecule has 2 N–H and O–H groups in total. The highest BCUT2D eigenvalue weighted by Gasteiger charge is 2.15. The van der Waals surface area contributed by atoms with Crippen LogP contribution in [0.4, 0.5) is 0 Å². The molecule has 0 bridgehead atoms. The lowest BCUT2D eigenvalue weighted by Crippen LogP contribution is -2.18. The minimum Gasteiger partial charge on any atom is -0.381 e. The fourth-order valence-corrected chi connectivity index (χ4v) is 7.55. The van der Waals surface area contributed by atoms with Crippen LogP contribution in [0.5, 0.6) is 0 Å². The number of aromatic nitrogens is 4. The predicted octanol–water partition coefficient (Wildman–Crippen LogP) is 10.5. The van der Waals surface area contributed by atoms with Crippen LogP contribution in [-0.2, 0) is 0 Å². The lowest BCUT2D eigenvalue weighted by Gasteiger charge is -2.19. The molecule has 2 aliphatic heterocycles. The summed E-state index contributed by atoms with van der Waals surface area (Å²) in [6.07, 6.45) is 20.0. The number of nitrogens with zero attached hydrogens (tertiary/aromatic N) is 4. The zero-order chi connectivity index (χ0) is 35.8. The second-order valence-corrected chi connectivity index (χ2v) is 13.6. The molecular formula is C48H34N6. The molecule has 1 unspecified atom stereocenters. The van der Waals surface area contributed by atoms with Crippen LogP contribution in [0.25, 0.3) is 77.4 Å². The number of allylic oxidation sites excluding steroid dienone is 4. The quantitative estimate of drug-likeness (QED) is 0.169. The first-order valence-electron chi connectivity index (χ1n) is 18.2. The molecule has 0 fully saturated rings. The molecule has 10 rings (SSSR count). The van der Waals surface area contributed by atoms with Gasteiger partial charge in [0.25, 0.3) is 0 Å². The summed E-state index contributed by atoms with van der Waals surface area (Å²) in [7, 11) is 0.